The van der Waals surface area contributed by atoms with Crippen LogP contribution in [0.15, 0.2) is 22.7 Å². The maximum atomic E-state index is 7.59. The normalized spacial score (nSPS) is 15.2. The molecule has 0 aliphatic heterocycles. The summed E-state index contributed by atoms with van der Waals surface area (Å²) in [5.41, 5.74) is 3.23. The molecule has 0 saturated heterocycles. The summed E-state index contributed by atoms with van der Waals surface area (Å²) in [4.78, 5) is 0. The van der Waals surface area contributed by atoms with Crippen LogP contribution in [-0.2, 0) is 6.42 Å². The van der Waals surface area contributed by atoms with Crippen LogP contribution in [0.2, 0.25) is 0 Å². The molecule has 0 radical (unpaired) electrons. The van der Waals surface area contributed by atoms with Gasteiger partial charge in [0.1, 0.15) is 0 Å². The maximum absolute atomic E-state index is 7.59. The Morgan fingerprint density at radius 2 is 2.09 bits per heavy atom. The van der Waals surface area contributed by atoms with E-state index in [-0.39, 0.29) is 0 Å². The lowest BCUT2D eigenvalue weighted by atomic mass is 10.1. The van der Waals surface area contributed by atoms with Crippen LogP contribution in [-0.4, -0.2) is 5.71 Å². The molecule has 1 aromatic rings. The Morgan fingerprint density at radius 1 is 1.27 bits per heavy atom. The number of nitrogens with one attached hydrogen (secondary N) is 1. The minimum atomic E-state index is 0.785. The monoisotopic (exact) mass is 209 g/mol. The fourth-order valence-electron chi connectivity index (χ4n) is 1.46. The number of aryl methyl sites for hydroxylation is 1. The highest BCUT2D eigenvalue weighted by Crippen LogP contribution is 2.24. The van der Waals surface area contributed by atoms with Crippen molar-refractivity contribution in [2.45, 2.75) is 12.8 Å². The summed E-state index contributed by atoms with van der Waals surface area (Å²) >= 11 is 3.41. The van der Waals surface area contributed by atoms with E-state index in [1.54, 1.807) is 0 Å². The van der Waals surface area contributed by atoms with Crippen molar-refractivity contribution in [3.8, 4) is 0 Å². The van der Waals surface area contributed by atoms with Gasteiger partial charge in [-0.1, -0.05) is 22.0 Å². The Kier molecular flexibility index (Phi) is 1.57. The number of hydrogen-bond acceptors (Lipinski definition) is 1. The average Bonchev–Trinajstić information content (AvgIpc) is 2.32. The van der Waals surface area contributed by atoms with Crippen LogP contribution < -0.4 is 0 Å². The Labute approximate surface area is 74.1 Å². The van der Waals surface area contributed by atoms with Gasteiger partial charge < -0.3 is 5.41 Å². The van der Waals surface area contributed by atoms with Crippen LogP contribution in [0, 0.1) is 5.41 Å². The summed E-state index contributed by atoms with van der Waals surface area (Å²) in [5.74, 6) is 0. The standard InChI is InChI=1S/C9H8BrN/c10-7-2-3-8-6(5-7)1-4-9(8)11/h2-3,5,11H,1,4H2. The highest BCUT2D eigenvalue weighted by molar-refractivity contribution is 9.10. The zero-order valence-electron chi connectivity index (χ0n) is 6.02. The summed E-state index contributed by atoms with van der Waals surface area (Å²) in [6.45, 7) is 0. The van der Waals surface area contributed by atoms with E-state index < -0.39 is 0 Å². The molecule has 0 aromatic heterocycles. The van der Waals surface area contributed by atoms with Gasteiger partial charge in [0.2, 0.25) is 0 Å². The lowest BCUT2D eigenvalue weighted by Gasteiger charge is -1.97. The fraction of sp³-hybridized carbons (Fsp3) is 0.222. The van der Waals surface area contributed by atoms with Gasteiger partial charge in [-0.05, 0) is 36.1 Å². The molecule has 2 rings (SSSR count). The second-order valence-corrected chi connectivity index (χ2v) is 3.70. The number of rotatable bonds is 0. The van der Waals surface area contributed by atoms with E-state index >= 15 is 0 Å². The van der Waals surface area contributed by atoms with E-state index in [1.165, 1.54) is 5.56 Å². The molecule has 0 amide bonds. The van der Waals surface area contributed by atoms with E-state index in [1.807, 2.05) is 12.1 Å². The Balaban J connectivity index is 2.59. The largest absolute Gasteiger partial charge is 0.305 e. The highest BCUT2D eigenvalue weighted by Gasteiger charge is 2.15. The number of benzene rings is 1. The van der Waals surface area contributed by atoms with Gasteiger partial charge in [0.05, 0.1) is 0 Å². The van der Waals surface area contributed by atoms with E-state index in [0.717, 1.165) is 28.6 Å². The first-order chi connectivity index (χ1) is 5.27. The summed E-state index contributed by atoms with van der Waals surface area (Å²) in [6.07, 6.45) is 1.94. The van der Waals surface area contributed by atoms with Crippen LogP contribution in [0.25, 0.3) is 0 Å². The SMILES string of the molecule is N=C1CCc2cc(Br)ccc21. The Hall–Kier alpha value is -0.630. The third-order valence-electron chi connectivity index (χ3n) is 2.04. The van der Waals surface area contributed by atoms with Gasteiger partial charge in [-0.3, -0.25) is 0 Å². The first-order valence-corrected chi connectivity index (χ1v) is 4.43. The third kappa shape index (κ3) is 1.11. The summed E-state index contributed by atoms with van der Waals surface area (Å²) in [5, 5.41) is 7.59. The van der Waals surface area contributed by atoms with Crippen molar-refractivity contribution < 1.29 is 0 Å². The van der Waals surface area contributed by atoms with Crippen molar-refractivity contribution >= 4 is 21.6 Å². The van der Waals surface area contributed by atoms with Crippen molar-refractivity contribution in [2.75, 3.05) is 0 Å². The van der Waals surface area contributed by atoms with E-state index in [9.17, 15) is 0 Å². The van der Waals surface area contributed by atoms with Crippen molar-refractivity contribution in [3.63, 3.8) is 0 Å². The van der Waals surface area contributed by atoms with Crippen molar-refractivity contribution in [1.82, 2.24) is 0 Å². The zero-order valence-corrected chi connectivity index (χ0v) is 7.61. The second-order valence-electron chi connectivity index (χ2n) is 2.78. The molecule has 1 aromatic carbocycles. The molecule has 0 saturated carbocycles. The fourth-order valence-corrected chi connectivity index (χ4v) is 1.87. The number of halogens is 1. The van der Waals surface area contributed by atoms with Crippen LogP contribution >= 0.6 is 15.9 Å². The molecular formula is C9H8BrN. The lowest BCUT2D eigenvalue weighted by molar-refractivity contribution is 1.09. The molecule has 0 atom stereocenters. The summed E-state index contributed by atoms with van der Waals surface area (Å²) < 4.78 is 1.12. The quantitative estimate of drug-likeness (QED) is 0.680. The van der Waals surface area contributed by atoms with Gasteiger partial charge >= 0.3 is 0 Å². The van der Waals surface area contributed by atoms with Gasteiger partial charge in [-0.25, -0.2) is 0 Å². The molecule has 0 heterocycles. The topological polar surface area (TPSA) is 23.9 Å². The second kappa shape index (κ2) is 2.45. The minimum absolute atomic E-state index is 0.785. The Bertz CT molecular complexity index is 317. The minimum Gasteiger partial charge on any atom is -0.305 e. The molecular weight excluding hydrogens is 202 g/mol. The van der Waals surface area contributed by atoms with E-state index in [2.05, 4.69) is 22.0 Å². The summed E-state index contributed by atoms with van der Waals surface area (Å²) in [6, 6.07) is 6.13. The number of fused-ring (bicyclic) bond motifs is 1. The predicted molar refractivity (Wildman–Crippen MR) is 49.3 cm³/mol. The molecule has 1 nitrogen and oxygen atoms in total. The van der Waals surface area contributed by atoms with Gasteiger partial charge in [0.15, 0.2) is 0 Å². The first kappa shape index (κ1) is 7.04. The summed E-state index contributed by atoms with van der Waals surface area (Å²) in [7, 11) is 0. The molecule has 1 aliphatic carbocycles. The predicted octanol–water partition coefficient (Wildman–Crippen LogP) is 2.76. The van der Waals surface area contributed by atoms with Gasteiger partial charge in [-0.2, -0.15) is 0 Å². The molecule has 0 spiro atoms. The van der Waals surface area contributed by atoms with Gasteiger partial charge in [-0.15, -0.1) is 0 Å². The van der Waals surface area contributed by atoms with E-state index in [4.69, 9.17) is 5.41 Å². The third-order valence-corrected chi connectivity index (χ3v) is 2.53. The Morgan fingerprint density at radius 3 is 2.91 bits per heavy atom. The molecule has 1 aliphatic rings. The van der Waals surface area contributed by atoms with Crippen molar-refractivity contribution in [1.29, 1.82) is 5.41 Å². The highest BCUT2D eigenvalue weighted by atomic mass is 79.9. The lowest BCUT2D eigenvalue weighted by Crippen LogP contribution is -1.89. The van der Waals surface area contributed by atoms with Crippen LogP contribution in [0.5, 0.6) is 0 Å². The first-order valence-electron chi connectivity index (χ1n) is 3.63. The molecule has 0 unspecified atom stereocenters. The smallest absolute Gasteiger partial charge is 0.0392 e. The van der Waals surface area contributed by atoms with Crippen LogP contribution in [0.1, 0.15) is 17.5 Å². The molecule has 2 heteroatoms. The average molecular weight is 210 g/mol. The van der Waals surface area contributed by atoms with E-state index in [0.29, 0.717) is 0 Å². The number of hydrogen-bond donors (Lipinski definition) is 1. The van der Waals surface area contributed by atoms with Gasteiger partial charge in [0, 0.05) is 10.2 Å². The molecule has 11 heavy (non-hydrogen) atoms. The molecule has 0 fully saturated rings. The van der Waals surface area contributed by atoms with Crippen LogP contribution in [0.4, 0.5) is 0 Å². The van der Waals surface area contributed by atoms with Crippen molar-refractivity contribution in [3.05, 3.63) is 33.8 Å². The van der Waals surface area contributed by atoms with Crippen molar-refractivity contribution in [2.24, 2.45) is 0 Å². The molecule has 1 N–H and O–H groups in total. The maximum Gasteiger partial charge on any atom is 0.0392 e. The zero-order chi connectivity index (χ0) is 7.84. The molecule has 0 bridgehead atoms. The molecule has 56 valence electrons. The van der Waals surface area contributed by atoms with Gasteiger partial charge in [0.25, 0.3) is 0 Å². The van der Waals surface area contributed by atoms with Crippen LogP contribution in [0.3, 0.4) is 0 Å².